The van der Waals surface area contributed by atoms with Crippen LogP contribution >= 0.6 is 23.4 Å². The fraction of sp³-hybridized carbons (Fsp3) is 0.318. The van der Waals surface area contributed by atoms with Gasteiger partial charge >= 0.3 is 0 Å². The minimum absolute atomic E-state index is 0.0258. The molecule has 0 fully saturated rings. The zero-order valence-corrected chi connectivity index (χ0v) is 18.3. The number of aryl methyl sites for hydroxylation is 1. The van der Waals surface area contributed by atoms with Gasteiger partial charge in [-0.15, -0.1) is 0 Å². The second-order valence-electron chi connectivity index (χ2n) is 7.16. The number of Topliss-reactive ketones (excluding diaryl/α,β-unsaturated/α-hetero) is 1. The Labute approximate surface area is 184 Å². The first-order valence-electron chi connectivity index (χ1n) is 9.77. The minimum atomic E-state index is -0.545. The third-order valence-corrected chi connectivity index (χ3v) is 6.49. The van der Waals surface area contributed by atoms with Gasteiger partial charge in [-0.25, -0.2) is 4.98 Å². The molecule has 0 amide bonds. The molecule has 1 atom stereocenters. The summed E-state index contributed by atoms with van der Waals surface area (Å²) in [4.78, 5) is 19.1. The van der Waals surface area contributed by atoms with E-state index in [-0.39, 0.29) is 16.8 Å². The normalized spacial score (nSPS) is 19.2. The van der Waals surface area contributed by atoms with Crippen molar-refractivity contribution in [1.29, 1.82) is 5.26 Å². The maximum atomic E-state index is 13.2. The van der Waals surface area contributed by atoms with E-state index in [1.165, 1.54) is 0 Å². The summed E-state index contributed by atoms with van der Waals surface area (Å²) in [6, 6.07) is 7.73. The highest BCUT2D eigenvalue weighted by molar-refractivity contribution is 7.99. The number of furan rings is 1. The average Bonchev–Trinajstić information content (AvgIpc) is 3.08. The van der Waals surface area contributed by atoms with Crippen LogP contribution in [-0.2, 0) is 4.79 Å². The molecule has 2 N–H and O–H groups in total. The van der Waals surface area contributed by atoms with E-state index in [1.807, 2.05) is 19.9 Å². The molecule has 1 aliphatic carbocycles. The number of allylic oxidation sites excluding steroid dienone is 3. The maximum absolute atomic E-state index is 13.2. The van der Waals surface area contributed by atoms with Crippen LogP contribution in [0.15, 0.2) is 56.6 Å². The number of carbonyl (C=O) groups is 1. The first-order valence-corrected chi connectivity index (χ1v) is 11.1. The molecule has 0 spiro atoms. The second kappa shape index (κ2) is 8.21. The van der Waals surface area contributed by atoms with Gasteiger partial charge in [-0.1, -0.05) is 30.3 Å². The summed E-state index contributed by atoms with van der Waals surface area (Å²) < 4.78 is 5.89. The third-order valence-electron chi connectivity index (χ3n) is 5.33. The number of halogens is 1. The summed E-state index contributed by atoms with van der Waals surface area (Å²) in [7, 11) is 0. The van der Waals surface area contributed by atoms with E-state index >= 15 is 0 Å². The number of rotatable bonds is 4. The lowest BCUT2D eigenvalue weighted by Gasteiger charge is -2.39. The van der Waals surface area contributed by atoms with Crippen LogP contribution < -0.4 is 10.6 Å². The molecule has 0 aromatic carbocycles. The third kappa shape index (κ3) is 3.30. The van der Waals surface area contributed by atoms with Crippen molar-refractivity contribution in [1.82, 2.24) is 4.98 Å². The van der Waals surface area contributed by atoms with Crippen LogP contribution in [0, 0.1) is 18.3 Å². The van der Waals surface area contributed by atoms with Gasteiger partial charge in [0.15, 0.2) is 16.0 Å². The Kier molecular flexibility index (Phi) is 5.63. The van der Waals surface area contributed by atoms with Crippen molar-refractivity contribution in [3.05, 3.63) is 63.5 Å². The molecule has 1 unspecified atom stereocenters. The Hall–Kier alpha value is -2.69. The number of nitriles is 1. The van der Waals surface area contributed by atoms with Crippen molar-refractivity contribution in [2.45, 2.75) is 44.1 Å². The molecule has 0 bridgehead atoms. The summed E-state index contributed by atoms with van der Waals surface area (Å²) in [5.41, 5.74) is 9.65. The Morgan fingerprint density at radius 1 is 1.47 bits per heavy atom. The second-order valence-corrected chi connectivity index (χ2v) is 8.76. The lowest BCUT2D eigenvalue weighted by molar-refractivity contribution is -0.116. The standard InChI is InChI=1S/C22H21ClN4O2S/c1-3-30-22-13(10-12(2)29-22)18-14(11-24)21(25)27(16-7-5-9-26-20(16)23)15-6-4-8-17(28)19(15)18/h5,7,9-10,18H,3-4,6,8,25H2,1-2H3. The van der Waals surface area contributed by atoms with Crippen LogP contribution in [0.4, 0.5) is 5.69 Å². The maximum Gasteiger partial charge on any atom is 0.164 e. The van der Waals surface area contributed by atoms with Crippen LogP contribution in [0.2, 0.25) is 5.15 Å². The number of ketones is 1. The van der Waals surface area contributed by atoms with E-state index in [0.29, 0.717) is 29.7 Å². The van der Waals surface area contributed by atoms with E-state index in [9.17, 15) is 10.1 Å². The van der Waals surface area contributed by atoms with Gasteiger partial charge in [-0.2, -0.15) is 5.26 Å². The van der Waals surface area contributed by atoms with E-state index in [2.05, 4.69) is 11.1 Å². The van der Waals surface area contributed by atoms with Gasteiger partial charge in [-0.3, -0.25) is 9.69 Å². The minimum Gasteiger partial charge on any atom is -0.455 e. The summed E-state index contributed by atoms with van der Waals surface area (Å²) in [6.45, 7) is 3.90. The van der Waals surface area contributed by atoms with Crippen LogP contribution in [0.25, 0.3) is 0 Å². The van der Waals surface area contributed by atoms with E-state index in [0.717, 1.165) is 34.3 Å². The van der Waals surface area contributed by atoms with E-state index in [1.54, 1.807) is 35.0 Å². The number of carbonyl (C=O) groups excluding carboxylic acids is 1. The SMILES string of the molecule is CCSc1oc(C)cc1C1C(C#N)=C(N)N(c2cccnc2Cl)C2=C1C(=O)CCC2. The highest BCUT2D eigenvalue weighted by Crippen LogP contribution is 2.49. The van der Waals surface area contributed by atoms with E-state index in [4.69, 9.17) is 21.8 Å². The summed E-state index contributed by atoms with van der Waals surface area (Å²) in [6.07, 6.45) is 3.41. The van der Waals surface area contributed by atoms with Gasteiger partial charge in [0.25, 0.3) is 0 Å². The number of anilines is 1. The van der Waals surface area contributed by atoms with Crippen molar-refractivity contribution in [2.24, 2.45) is 5.73 Å². The molecule has 4 rings (SSSR count). The largest absolute Gasteiger partial charge is 0.455 e. The first kappa shape index (κ1) is 20.6. The van der Waals surface area contributed by atoms with Crippen molar-refractivity contribution in [3.63, 3.8) is 0 Å². The summed E-state index contributed by atoms with van der Waals surface area (Å²) >= 11 is 7.92. The monoisotopic (exact) mass is 440 g/mol. The fourth-order valence-electron chi connectivity index (χ4n) is 4.17. The molecule has 0 saturated heterocycles. The van der Waals surface area contributed by atoms with Crippen LogP contribution in [0.3, 0.4) is 0 Å². The first-order chi connectivity index (χ1) is 14.5. The Morgan fingerprint density at radius 3 is 2.97 bits per heavy atom. The Morgan fingerprint density at radius 2 is 2.27 bits per heavy atom. The molecule has 1 aliphatic heterocycles. The molecular weight excluding hydrogens is 420 g/mol. The highest BCUT2D eigenvalue weighted by atomic mass is 35.5. The fourth-order valence-corrected chi connectivity index (χ4v) is 5.17. The van der Waals surface area contributed by atoms with Gasteiger partial charge < -0.3 is 10.2 Å². The lowest BCUT2D eigenvalue weighted by atomic mass is 9.76. The Bertz CT molecular complexity index is 1130. The molecule has 2 aromatic heterocycles. The average molecular weight is 441 g/mol. The van der Waals surface area contributed by atoms with Crippen LogP contribution in [-0.4, -0.2) is 16.5 Å². The number of nitrogens with two attached hydrogens (primary N) is 1. The number of pyridine rings is 1. The Balaban J connectivity index is 1.99. The van der Waals surface area contributed by atoms with Gasteiger partial charge in [0.1, 0.15) is 11.6 Å². The predicted octanol–water partition coefficient (Wildman–Crippen LogP) is 5.05. The molecule has 6 nitrogen and oxygen atoms in total. The zero-order chi connectivity index (χ0) is 21.4. The number of nitrogens with zero attached hydrogens (tertiary/aromatic N) is 3. The zero-order valence-electron chi connectivity index (χ0n) is 16.7. The molecular formula is C22H21ClN4O2S. The van der Waals surface area contributed by atoms with Gasteiger partial charge in [0.05, 0.1) is 23.2 Å². The number of hydrogen-bond acceptors (Lipinski definition) is 7. The topological polar surface area (TPSA) is 96.2 Å². The molecule has 2 aliphatic rings. The van der Waals surface area contributed by atoms with Gasteiger partial charge in [0.2, 0.25) is 0 Å². The molecule has 154 valence electrons. The quantitative estimate of drug-likeness (QED) is 0.524. The number of thioether (sulfide) groups is 1. The van der Waals surface area contributed by atoms with Crippen LogP contribution in [0.1, 0.15) is 43.4 Å². The molecule has 3 heterocycles. The lowest BCUT2D eigenvalue weighted by Crippen LogP contribution is -2.39. The molecule has 2 aromatic rings. The van der Waals surface area contributed by atoms with E-state index < -0.39 is 5.92 Å². The highest BCUT2D eigenvalue weighted by Gasteiger charge is 2.42. The summed E-state index contributed by atoms with van der Waals surface area (Å²) in [5, 5.41) is 11.1. The van der Waals surface area contributed by atoms with Crippen molar-refractivity contribution >= 4 is 34.8 Å². The molecule has 30 heavy (non-hydrogen) atoms. The van der Waals surface area contributed by atoms with Gasteiger partial charge in [-0.05, 0) is 43.7 Å². The molecule has 0 radical (unpaired) electrons. The molecule has 0 saturated carbocycles. The van der Waals surface area contributed by atoms with Crippen LogP contribution in [0.5, 0.6) is 0 Å². The van der Waals surface area contributed by atoms with Crippen molar-refractivity contribution in [2.75, 3.05) is 10.7 Å². The predicted molar refractivity (Wildman–Crippen MR) is 117 cm³/mol. The number of aromatic nitrogens is 1. The van der Waals surface area contributed by atoms with Gasteiger partial charge in [0, 0.05) is 29.5 Å². The number of hydrogen-bond donors (Lipinski definition) is 1. The smallest absolute Gasteiger partial charge is 0.164 e. The van der Waals surface area contributed by atoms with Crippen molar-refractivity contribution in [3.8, 4) is 6.07 Å². The van der Waals surface area contributed by atoms with Crippen molar-refractivity contribution < 1.29 is 9.21 Å². The summed E-state index contributed by atoms with van der Waals surface area (Å²) in [5.74, 6) is 1.30. The molecule has 8 heteroatoms.